The van der Waals surface area contributed by atoms with Crippen molar-refractivity contribution in [1.82, 2.24) is 9.38 Å². The van der Waals surface area contributed by atoms with E-state index in [4.69, 9.17) is 5.11 Å². The van der Waals surface area contributed by atoms with Crippen LogP contribution in [-0.2, 0) is 0 Å². The maximum Gasteiger partial charge on any atom is 0.335 e. The molecule has 0 radical (unpaired) electrons. The molecule has 0 unspecified atom stereocenters. The average molecular weight is 358 g/mol. The average Bonchev–Trinajstić information content (AvgIpc) is 2.68. The Hall–Kier alpha value is -3.93. The summed E-state index contributed by atoms with van der Waals surface area (Å²) in [6.45, 7) is 0. The number of carboxylic acids is 1. The third-order valence-corrected chi connectivity index (χ3v) is 4.28. The monoisotopic (exact) mass is 358 g/mol. The molecule has 6 nitrogen and oxygen atoms in total. The lowest BCUT2D eigenvalue weighted by atomic mass is 9.99. The Morgan fingerprint density at radius 1 is 0.926 bits per heavy atom. The highest BCUT2D eigenvalue weighted by atomic mass is 16.4. The van der Waals surface area contributed by atoms with Crippen LogP contribution in [0.15, 0.2) is 77.7 Å². The molecule has 2 N–H and O–H groups in total. The van der Waals surface area contributed by atoms with Crippen LogP contribution < -0.4 is 5.56 Å². The van der Waals surface area contributed by atoms with Crippen molar-refractivity contribution in [1.29, 1.82) is 0 Å². The van der Waals surface area contributed by atoms with Crippen molar-refractivity contribution >= 4 is 11.6 Å². The molecular weight excluding hydrogens is 344 g/mol. The number of rotatable bonds is 3. The molecule has 4 aromatic rings. The second-order valence-electron chi connectivity index (χ2n) is 6.00. The van der Waals surface area contributed by atoms with Crippen LogP contribution in [0.3, 0.4) is 0 Å². The van der Waals surface area contributed by atoms with E-state index in [0.29, 0.717) is 22.5 Å². The molecule has 0 fully saturated rings. The Morgan fingerprint density at radius 2 is 1.63 bits per heavy atom. The normalized spacial score (nSPS) is 10.8. The molecule has 0 saturated heterocycles. The van der Waals surface area contributed by atoms with Gasteiger partial charge in [0.15, 0.2) is 0 Å². The summed E-state index contributed by atoms with van der Waals surface area (Å²) < 4.78 is 1.35. The lowest BCUT2D eigenvalue weighted by Crippen LogP contribution is -2.18. The third-order valence-electron chi connectivity index (χ3n) is 4.28. The van der Waals surface area contributed by atoms with Crippen LogP contribution in [0.25, 0.3) is 28.0 Å². The van der Waals surface area contributed by atoms with Gasteiger partial charge >= 0.3 is 5.97 Å². The molecule has 0 spiro atoms. The first-order chi connectivity index (χ1) is 13.0. The fraction of sp³-hybridized carbons (Fsp3) is 0. The van der Waals surface area contributed by atoms with Crippen LogP contribution in [-0.4, -0.2) is 25.6 Å². The molecule has 6 heteroatoms. The molecule has 0 bridgehead atoms. The molecule has 2 heterocycles. The van der Waals surface area contributed by atoms with Gasteiger partial charge in [-0.2, -0.15) is 0 Å². The van der Waals surface area contributed by atoms with Gasteiger partial charge in [0.2, 0.25) is 0 Å². The van der Waals surface area contributed by atoms with Crippen molar-refractivity contribution in [3.63, 3.8) is 0 Å². The van der Waals surface area contributed by atoms with E-state index in [9.17, 15) is 14.7 Å². The number of benzene rings is 2. The Bertz CT molecular complexity index is 1210. The summed E-state index contributed by atoms with van der Waals surface area (Å²) in [6, 6.07) is 18.2. The van der Waals surface area contributed by atoms with Crippen molar-refractivity contribution in [3.05, 3.63) is 88.8 Å². The predicted molar refractivity (Wildman–Crippen MR) is 101 cm³/mol. The van der Waals surface area contributed by atoms with E-state index >= 15 is 0 Å². The van der Waals surface area contributed by atoms with Gasteiger partial charge < -0.3 is 10.2 Å². The molecule has 27 heavy (non-hydrogen) atoms. The minimum absolute atomic E-state index is 0.0134. The van der Waals surface area contributed by atoms with Crippen LogP contribution in [0.1, 0.15) is 10.4 Å². The molecule has 2 aromatic carbocycles. The number of carboxylic acid groups (broad SMARTS) is 1. The standard InChI is InChI=1S/C21H14N2O4/c24-16-10-11-23-17(12-16)22-19(14-4-2-1-3-5-14)18(20(23)25)13-6-8-15(9-7-13)21(26)27/h1-12,24H,(H,26,27). The number of carbonyl (C=O) groups is 1. The fourth-order valence-electron chi connectivity index (χ4n) is 2.97. The number of aromatic carboxylic acids is 1. The molecule has 0 saturated carbocycles. The predicted octanol–water partition coefficient (Wildman–Crippen LogP) is 3.43. The highest BCUT2D eigenvalue weighted by Gasteiger charge is 2.17. The van der Waals surface area contributed by atoms with E-state index in [-0.39, 0.29) is 16.9 Å². The summed E-state index contributed by atoms with van der Waals surface area (Å²) in [6.07, 6.45) is 1.46. The van der Waals surface area contributed by atoms with E-state index in [1.54, 1.807) is 12.1 Å². The van der Waals surface area contributed by atoms with Gasteiger partial charge in [0.1, 0.15) is 11.4 Å². The Labute approximate surface area is 153 Å². The number of hydrogen-bond acceptors (Lipinski definition) is 4. The van der Waals surface area contributed by atoms with Gasteiger partial charge in [-0.25, -0.2) is 9.78 Å². The third kappa shape index (κ3) is 2.93. The zero-order valence-corrected chi connectivity index (χ0v) is 14.0. The topological polar surface area (TPSA) is 91.9 Å². The van der Waals surface area contributed by atoms with E-state index in [1.807, 2.05) is 30.3 Å². The second-order valence-corrected chi connectivity index (χ2v) is 6.00. The number of fused-ring (bicyclic) bond motifs is 1. The van der Waals surface area contributed by atoms with Crippen molar-refractivity contribution in [2.45, 2.75) is 0 Å². The zero-order chi connectivity index (χ0) is 19.0. The van der Waals surface area contributed by atoms with Crippen molar-refractivity contribution in [3.8, 4) is 28.1 Å². The summed E-state index contributed by atoms with van der Waals surface area (Å²) >= 11 is 0. The highest BCUT2D eigenvalue weighted by molar-refractivity contribution is 5.89. The summed E-state index contributed by atoms with van der Waals surface area (Å²) in [7, 11) is 0. The van der Waals surface area contributed by atoms with E-state index in [1.165, 1.54) is 34.9 Å². The van der Waals surface area contributed by atoms with E-state index in [2.05, 4.69) is 4.98 Å². The highest BCUT2D eigenvalue weighted by Crippen LogP contribution is 2.29. The first kappa shape index (κ1) is 16.5. The zero-order valence-electron chi connectivity index (χ0n) is 14.0. The number of pyridine rings is 1. The fourth-order valence-corrected chi connectivity index (χ4v) is 2.97. The first-order valence-electron chi connectivity index (χ1n) is 8.19. The Balaban J connectivity index is 2.05. The van der Waals surface area contributed by atoms with E-state index < -0.39 is 5.97 Å². The van der Waals surface area contributed by atoms with E-state index in [0.717, 1.165) is 5.56 Å². The van der Waals surface area contributed by atoms with Crippen LogP contribution in [0.4, 0.5) is 0 Å². The van der Waals surface area contributed by atoms with Gasteiger partial charge in [0, 0.05) is 17.8 Å². The number of nitrogens with zero attached hydrogens (tertiary/aromatic N) is 2. The quantitative estimate of drug-likeness (QED) is 0.585. The van der Waals surface area contributed by atoms with Crippen LogP contribution in [0, 0.1) is 0 Å². The molecule has 0 amide bonds. The molecule has 4 rings (SSSR count). The first-order valence-corrected chi connectivity index (χ1v) is 8.19. The van der Waals surface area contributed by atoms with Crippen molar-refractivity contribution in [2.24, 2.45) is 0 Å². The van der Waals surface area contributed by atoms with Crippen molar-refractivity contribution in [2.75, 3.05) is 0 Å². The van der Waals surface area contributed by atoms with Gasteiger partial charge in [-0.3, -0.25) is 9.20 Å². The molecule has 0 aliphatic heterocycles. The number of hydrogen-bond donors (Lipinski definition) is 2. The maximum atomic E-state index is 13.2. The lowest BCUT2D eigenvalue weighted by molar-refractivity contribution is 0.0697. The second kappa shape index (κ2) is 6.42. The van der Waals surface area contributed by atoms with Crippen molar-refractivity contribution < 1.29 is 15.0 Å². The van der Waals surface area contributed by atoms with Gasteiger partial charge in [0.05, 0.1) is 16.8 Å². The Kier molecular flexibility index (Phi) is 3.93. The van der Waals surface area contributed by atoms with Gasteiger partial charge in [-0.05, 0) is 23.8 Å². The summed E-state index contributed by atoms with van der Waals surface area (Å²) in [5, 5.41) is 18.8. The van der Waals surface area contributed by atoms with Crippen LogP contribution in [0.2, 0.25) is 0 Å². The molecule has 132 valence electrons. The van der Waals surface area contributed by atoms with Gasteiger partial charge in [-0.15, -0.1) is 0 Å². The summed E-state index contributed by atoms with van der Waals surface area (Å²) in [4.78, 5) is 28.9. The number of aromatic nitrogens is 2. The smallest absolute Gasteiger partial charge is 0.335 e. The minimum atomic E-state index is -1.03. The maximum absolute atomic E-state index is 13.2. The van der Waals surface area contributed by atoms with Crippen LogP contribution >= 0.6 is 0 Å². The molecule has 2 aromatic heterocycles. The van der Waals surface area contributed by atoms with Gasteiger partial charge in [-0.1, -0.05) is 42.5 Å². The Morgan fingerprint density at radius 3 is 2.30 bits per heavy atom. The SMILES string of the molecule is O=C(O)c1ccc(-c2c(-c3ccccc3)nc3cc(O)ccn3c2=O)cc1. The lowest BCUT2D eigenvalue weighted by Gasteiger charge is -2.12. The number of aromatic hydroxyl groups is 1. The molecule has 0 aliphatic carbocycles. The molecule has 0 aliphatic rings. The molecule has 0 atom stereocenters. The molecular formula is C21H14N2O4. The largest absolute Gasteiger partial charge is 0.508 e. The summed E-state index contributed by atoms with van der Waals surface area (Å²) in [5.74, 6) is -1.02. The van der Waals surface area contributed by atoms with Crippen LogP contribution in [0.5, 0.6) is 5.75 Å². The minimum Gasteiger partial charge on any atom is -0.508 e. The van der Waals surface area contributed by atoms with Gasteiger partial charge in [0.25, 0.3) is 5.56 Å². The summed E-state index contributed by atoms with van der Waals surface area (Å²) in [5.41, 5.74) is 2.30.